The number of nitrogens with zero attached hydrogens (tertiary/aromatic N) is 12. The molecule has 87 heavy (non-hydrogen) atoms. The molecule has 0 aliphatic carbocycles. The fourth-order valence-corrected chi connectivity index (χ4v) is 12.3. The number of rotatable bonds is 10. The first-order chi connectivity index (χ1) is 43.1. The molecule has 0 atom stereocenters. The molecule has 0 unspecified atom stereocenters. The third kappa shape index (κ3) is 8.48. The van der Waals surface area contributed by atoms with Crippen LogP contribution in [0.15, 0.2) is 272 Å². The van der Waals surface area contributed by atoms with E-state index in [-0.39, 0.29) is 0 Å². The fourth-order valence-electron chi connectivity index (χ4n) is 12.3. The van der Waals surface area contributed by atoms with Crippen LogP contribution >= 0.6 is 0 Å². The average Bonchev–Trinajstić information content (AvgIpc) is 1.75. The second-order valence-corrected chi connectivity index (χ2v) is 21.4. The van der Waals surface area contributed by atoms with Crippen molar-refractivity contribution in [2.24, 2.45) is 0 Å². The number of hydrogen-bond acceptors (Lipinski definition) is 11. The maximum absolute atomic E-state index is 7.17. The first-order valence-corrected chi connectivity index (χ1v) is 28.5. The highest BCUT2D eigenvalue weighted by Crippen LogP contribution is 2.43. The molecule has 0 saturated carbocycles. The van der Waals surface area contributed by atoms with Crippen LogP contribution in [0.4, 0.5) is 0 Å². The van der Waals surface area contributed by atoms with Crippen molar-refractivity contribution in [2.75, 3.05) is 0 Å². The van der Waals surface area contributed by atoms with Crippen molar-refractivity contribution >= 4 is 65.6 Å². The summed E-state index contributed by atoms with van der Waals surface area (Å²) in [6.07, 6.45) is 8.66. The molecule has 406 valence electrons. The van der Waals surface area contributed by atoms with Gasteiger partial charge in [-0.05, 0) is 90.0 Å². The zero-order chi connectivity index (χ0) is 57.4. The Hall–Kier alpha value is -12.2. The van der Waals surface area contributed by atoms with Gasteiger partial charge in [0.2, 0.25) is 0 Å². The lowest BCUT2D eigenvalue weighted by atomic mass is 9.99. The van der Waals surface area contributed by atoms with E-state index >= 15 is 0 Å². The van der Waals surface area contributed by atoms with Gasteiger partial charge in [-0.2, -0.15) is 5.10 Å². The van der Waals surface area contributed by atoms with Crippen LogP contribution in [0.25, 0.3) is 167 Å². The van der Waals surface area contributed by atoms with Crippen molar-refractivity contribution < 1.29 is 4.42 Å². The van der Waals surface area contributed by atoms with E-state index in [4.69, 9.17) is 19.4 Å². The van der Waals surface area contributed by atoms with Crippen molar-refractivity contribution in [1.82, 2.24) is 59.2 Å². The first kappa shape index (κ1) is 49.4. The maximum Gasteiger partial charge on any atom is 0.182 e. The van der Waals surface area contributed by atoms with E-state index in [2.05, 4.69) is 190 Å². The molecular weight excluding hydrogens is 1070 g/mol. The molecule has 7 aromatic heterocycles. The van der Waals surface area contributed by atoms with E-state index in [0.717, 1.165) is 138 Å². The van der Waals surface area contributed by atoms with Crippen LogP contribution in [0.5, 0.6) is 0 Å². The summed E-state index contributed by atoms with van der Waals surface area (Å²) in [6.45, 7) is 0. The van der Waals surface area contributed by atoms with Gasteiger partial charge >= 0.3 is 0 Å². The minimum absolute atomic E-state index is 0.560. The van der Waals surface area contributed by atoms with Gasteiger partial charge in [0.05, 0.1) is 34.0 Å². The van der Waals surface area contributed by atoms with E-state index in [0.29, 0.717) is 29.1 Å². The highest BCUT2D eigenvalue weighted by atomic mass is 16.3. The van der Waals surface area contributed by atoms with E-state index < -0.39 is 0 Å². The van der Waals surface area contributed by atoms with Crippen molar-refractivity contribution in [3.63, 3.8) is 0 Å². The summed E-state index contributed by atoms with van der Waals surface area (Å²) in [5, 5.41) is 15.0. The number of pyridine rings is 1. The van der Waals surface area contributed by atoms with Crippen LogP contribution in [-0.4, -0.2) is 59.2 Å². The van der Waals surface area contributed by atoms with E-state index in [9.17, 15) is 0 Å². The van der Waals surface area contributed by atoms with Crippen LogP contribution in [-0.2, 0) is 0 Å². The van der Waals surface area contributed by atoms with Crippen molar-refractivity contribution in [1.29, 1.82) is 0 Å². The summed E-state index contributed by atoms with van der Waals surface area (Å²) in [7, 11) is 0. The highest BCUT2D eigenvalue weighted by molar-refractivity contribution is 6.15. The zero-order valence-corrected chi connectivity index (χ0v) is 46.2. The van der Waals surface area contributed by atoms with Crippen LogP contribution in [0.3, 0.4) is 0 Å². The number of aromatic nitrogens is 12. The normalized spacial score (nSPS) is 11.7. The standard InChI is InChI=1S/C74H44N12O/c1-4-14-45(15-5-1)70-76-43-78-72(82-70)51-29-32-65-60(39-51)59-38-50(63-42-80-84-74(81-63)47-18-8-3-9-19-47)28-31-64(59)85(65)53-22-10-20-48(36-53)55-24-12-26-57-58-27-13-25-56(69(58)87-68(55)57)49-21-11-23-54(37-49)86-66-33-30-52(40-61(66)62-41-75-35-34-67(62)86)73-79-44-77-71(83-73)46-16-6-2-7-17-46/h1-44H. The minimum Gasteiger partial charge on any atom is -0.455 e. The molecule has 0 fully saturated rings. The predicted octanol–water partition coefficient (Wildman–Crippen LogP) is 17.1. The van der Waals surface area contributed by atoms with Crippen LogP contribution in [0.2, 0.25) is 0 Å². The summed E-state index contributed by atoms with van der Waals surface area (Å²) < 4.78 is 11.8. The Balaban J connectivity index is 0.762. The molecule has 0 N–H and O–H groups in total. The van der Waals surface area contributed by atoms with Gasteiger partial charge in [0.1, 0.15) is 23.8 Å². The Kier molecular flexibility index (Phi) is 11.5. The van der Waals surface area contributed by atoms with Gasteiger partial charge in [0.15, 0.2) is 29.1 Å². The van der Waals surface area contributed by atoms with Gasteiger partial charge in [-0.25, -0.2) is 34.9 Å². The lowest BCUT2D eigenvalue weighted by Crippen LogP contribution is -1.96. The lowest BCUT2D eigenvalue weighted by Gasteiger charge is -2.11. The Morgan fingerprint density at radius 2 is 0.736 bits per heavy atom. The van der Waals surface area contributed by atoms with Crippen LogP contribution in [0, 0.1) is 0 Å². The predicted molar refractivity (Wildman–Crippen MR) is 344 cm³/mol. The third-order valence-electron chi connectivity index (χ3n) is 16.3. The molecule has 17 rings (SSSR count). The maximum atomic E-state index is 7.17. The molecular formula is C74H44N12O. The molecule has 0 aliphatic heterocycles. The Morgan fingerprint density at radius 1 is 0.299 bits per heavy atom. The minimum atomic E-state index is 0.560. The summed E-state index contributed by atoms with van der Waals surface area (Å²) in [6, 6.07) is 81.5. The fraction of sp³-hybridized carbons (Fsp3) is 0. The molecule has 7 heterocycles. The van der Waals surface area contributed by atoms with Crippen molar-refractivity contribution in [3.8, 4) is 102 Å². The quantitative estimate of drug-likeness (QED) is 0.129. The Labute approximate surface area is 496 Å². The van der Waals surface area contributed by atoms with Gasteiger partial charge in [-0.15, -0.1) is 5.10 Å². The molecule has 0 radical (unpaired) electrons. The lowest BCUT2D eigenvalue weighted by molar-refractivity contribution is 0.671. The van der Waals surface area contributed by atoms with Gasteiger partial charge in [-0.3, -0.25) is 4.98 Å². The summed E-state index contributed by atoms with van der Waals surface area (Å²) in [5.74, 6) is 2.98. The molecule has 10 aromatic carbocycles. The molecule has 13 heteroatoms. The smallest absolute Gasteiger partial charge is 0.182 e. The van der Waals surface area contributed by atoms with Crippen molar-refractivity contribution in [2.45, 2.75) is 0 Å². The second kappa shape index (κ2) is 20.3. The summed E-state index contributed by atoms with van der Waals surface area (Å²) in [4.78, 5) is 37.7. The number of furan rings is 1. The topological polar surface area (TPSA) is 152 Å². The van der Waals surface area contributed by atoms with Crippen LogP contribution < -0.4 is 0 Å². The van der Waals surface area contributed by atoms with Crippen molar-refractivity contribution in [3.05, 3.63) is 268 Å². The second-order valence-electron chi connectivity index (χ2n) is 21.4. The van der Waals surface area contributed by atoms with E-state index in [1.165, 1.54) is 0 Å². The van der Waals surface area contributed by atoms with Gasteiger partial charge in [-0.1, -0.05) is 158 Å². The van der Waals surface area contributed by atoms with E-state index in [1.807, 2.05) is 103 Å². The Morgan fingerprint density at radius 3 is 1.26 bits per heavy atom. The van der Waals surface area contributed by atoms with Gasteiger partial charge < -0.3 is 13.6 Å². The molecule has 0 saturated heterocycles. The summed E-state index contributed by atoms with van der Waals surface area (Å²) >= 11 is 0. The molecule has 0 bridgehead atoms. The zero-order valence-electron chi connectivity index (χ0n) is 46.2. The van der Waals surface area contributed by atoms with E-state index in [1.54, 1.807) is 18.9 Å². The number of benzene rings is 10. The number of hydrogen-bond donors (Lipinski definition) is 0. The molecule has 0 amide bonds. The average molecular weight is 1120 g/mol. The molecule has 0 aliphatic rings. The third-order valence-corrected chi connectivity index (χ3v) is 16.3. The highest BCUT2D eigenvalue weighted by Gasteiger charge is 2.22. The number of para-hydroxylation sites is 2. The van der Waals surface area contributed by atoms with Crippen LogP contribution in [0.1, 0.15) is 0 Å². The molecule has 17 aromatic rings. The SMILES string of the molecule is c1ccc(-c2nncc(-c3ccc4c(c3)c3cc(-c5ncnc(-c6ccccc6)n5)ccc3n4-c3cccc(-c4cccc5c4oc4c(-c6cccc(-n7c8ccncc8c8cc(-c9ncnc(-c%10ccccc%10)n9)ccc87)c6)cccc45)c3)n2)cc1. The number of fused-ring (bicyclic) bond motifs is 9. The molecule has 13 nitrogen and oxygen atoms in total. The summed E-state index contributed by atoms with van der Waals surface area (Å²) in [5.41, 5.74) is 17.9. The monoisotopic (exact) mass is 1120 g/mol. The molecule has 0 spiro atoms. The first-order valence-electron chi connectivity index (χ1n) is 28.5. The van der Waals surface area contributed by atoms with Gasteiger partial charge in [0.25, 0.3) is 0 Å². The largest absolute Gasteiger partial charge is 0.455 e. The van der Waals surface area contributed by atoms with Gasteiger partial charge in [0, 0.05) is 101 Å². The Bertz CT molecular complexity index is 5410.